The zero-order valence-corrected chi connectivity index (χ0v) is 14.2. The van der Waals surface area contributed by atoms with Crippen LogP contribution in [0.4, 0.5) is 4.79 Å². The van der Waals surface area contributed by atoms with Gasteiger partial charge in [-0.3, -0.25) is 19.3 Å². The van der Waals surface area contributed by atoms with Crippen molar-refractivity contribution >= 4 is 34.9 Å². The van der Waals surface area contributed by atoms with E-state index >= 15 is 0 Å². The van der Waals surface area contributed by atoms with Crippen LogP contribution in [0.3, 0.4) is 0 Å². The number of aromatic nitrogens is 1. The zero-order chi connectivity index (χ0) is 17.8. The van der Waals surface area contributed by atoms with Crippen LogP contribution in [0.25, 0.3) is 6.08 Å². The maximum atomic E-state index is 12.3. The monoisotopic (exact) mass is 357 g/mol. The second kappa shape index (κ2) is 7.35. The average Bonchev–Trinajstić information content (AvgIpc) is 3.14. The second-order valence-corrected chi connectivity index (χ2v) is 6.32. The Hall–Kier alpha value is -2.87. The third-order valence-electron chi connectivity index (χ3n) is 3.45. The van der Waals surface area contributed by atoms with Crippen molar-refractivity contribution < 1.29 is 18.9 Å². The lowest BCUT2D eigenvalue weighted by molar-refractivity contribution is -0.122. The highest BCUT2D eigenvalue weighted by atomic mass is 32.2. The number of imide groups is 1. The Labute approximate surface area is 148 Å². The molecule has 0 radical (unpaired) electrons. The molecule has 3 amide bonds. The van der Waals surface area contributed by atoms with Crippen LogP contribution in [0.15, 0.2) is 45.8 Å². The highest BCUT2D eigenvalue weighted by Crippen LogP contribution is 2.31. The molecular formula is C17H15N3O4S. The molecule has 1 saturated heterocycles. The van der Waals surface area contributed by atoms with E-state index in [2.05, 4.69) is 10.5 Å². The molecular weight excluding hydrogens is 342 g/mol. The van der Waals surface area contributed by atoms with Gasteiger partial charge < -0.3 is 9.84 Å². The summed E-state index contributed by atoms with van der Waals surface area (Å²) < 4.78 is 4.83. The number of nitrogens with one attached hydrogen (secondary N) is 1. The summed E-state index contributed by atoms with van der Waals surface area (Å²) in [6.45, 7) is 1.92. The number of carbonyl (C=O) groups is 3. The van der Waals surface area contributed by atoms with E-state index in [4.69, 9.17) is 4.52 Å². The number of aryl methyl sites for hydroxylation is 1. The third kappa shape index (κ3) is 3.97. The number of hydrogen-bond donors (Lipinski definition) is 1. The molecule has 0 unspecified atom stereocenters. The summed E-state index contributed by atoms with van der Waals surface area (Å²) in [7, 11) is 0. The summed E-state index contributed by atoms with van der Waals surface area (Å²) in [4.78, 5) is 37.7. The van der Waals surface area contributed by atoms with Gasteiger partial charge in [-0.1, -0.05) is 35.5 Å². The van der Waals surface area contributed by atoms with Crippen LogP contribution in [0.5, 0.6) is 0 Å². The highest BCUT2D eigenvalue weighted by Gasteiger charge is 2.34. The lowest BCUT2D eigenvalue weighted by Gasteiger charge is -2.12. The highest BCUT2D eigenvalue weighted by molar-refractivity contribution is 8.18. The molecule has 1 aliphatic heterocycles. The number of nitrogens with zero attached hydrogens (tertiary/aromatic N) is 2. The van der Waals surface area contributed by atoms with E-state index in [0.29, 0.717) is 10.7 Å². The number of carbonyl (C=O) groups excluding carboxylic acids is 3. The van der Waals surface area contributed by atoms with Gasteiger partial charge in [0.2, 0.25) is 0 Å². The standard InChI is InChI=1S/C17H15N3O4S/c1-11-9-13(19-24-11)15(21)18-7-8-20-16(22)14(25-17(20)23)10-12-5-3-2-4-6-12/h2-6,9-10H,7-8H2,1H3,(H,18,21)/b14-10+. The largest absolute Gasteiger partial charge is 0.361 e. The predicted molar refractivity (Wildman–Crippen MR) is 92.7 cm³/mol. The summed E-state index contributed by atoms with van der Waals surface area (Å²) in [5.41, 5.74) is 1.01. The van der Waals surface area contributed by atoms with Gasteiger partial charge in [0.15, 0.2) is 5.69 Å². The Kier molecular flexibility index (Phi) is 4.99. The predicted octanol–water partition coefficient (Wildman–Crippen LogP) is 2.45. The van der Waals surface area contributed by atoms with Crippen LogP contribution in [0, 0.1) is 6.92 Å². The van der Waals surface area contributed by atoms with Crippen LogP contribution < -0.4 is 5.32 Å². The smallest absolute Gasteiger partial charge is 0.293 e. The van der Waals surface area contributed by atoms with Gasteiger partial charge in [-0.05, 0) is 30.3 Å². The van der Waals surface area contributed by atoms with Gasteiger partial charge in [-0.2, -0.15) is 0 Å². The van der Waals surface area contributed by atoms with Crippen molar-refractivity contribution in [3.8, 4) is 0 Å². The van der Waals surface area contributed by atoms with E-state index in [0.717, 1.165) is 22.2 Å². The molecule has 1 aromatic carbocycles. The van der Waals surface area contributed by atoms with Crippen molar-refractivity contribution in [1.29, 1.82) is 0 Å². The molecule has 2 aromatic rings. The molecule has 1 aromatic heterocycles. The number of amides is 3. The molecule has 0 spiro atoms. The molecule has 1 fully saturated rings. The fraction of sp³-hybridized carbons (Fsp3) is 0.176. The van der Waals surface area contributed by atoms with Crippen molar-refractivity contribution in [2.24, 2.45) is 0 Å². The lowest BCUT2D eigenvalue weighted by Crippen LogP contribution is -2.37. The molecule has 128 valence electrons. The van der Waals surface area contributed by atoms with E-state index in [-0.39, 0.29) is 29.9 Å². The minimum absolute atomic E-state index is 0.0966. The van der Waals surface area contributed by atoms with Crippen molar-refractivity contribution in [2.75, 3.05) is 13.1 Å². The number of hydrogen-bond acceptors (Lipinski definition) is 6. The van der Waals surface area contributed by atoms with Crippen molar-refractivity contribution in [1.82, 2.24) is 15.4 Å². The van der Waals surface area contributed by atoms with Gasteiger partial charge in [-0.25, -0.2) is 0 Å². The molecule has 0 saturated carbocycles. The summed E-state index contributed by atoms with van der Waals surface area (Å²) in [5, 5.41) is 5.87. The first kappa shape index (κ1) is 17.0. The Morgan fingerprint density at radius 3 is 2.76 bits per heavy atom. The fourth-order valence-electron chi connectivity index (χ4n) is 2.24. The van der Waals surface area contributed by atoms with Gasteiger partial charge in [0.05, 0.1) is 4.91 Å². The average molecular weight is 357 g/mol. The molecule has 1 N–H and O–H groups in total. The zero-order valence-electron chi connectivity index (χ0n) is 13.4. The molecule has 0 bridgehead atoms. The Balaban J connectivity index is 1.58. The summed E-state index contributed by atoms with van der Waals surface area (Å²) in [5.74, 6) is -0.240. The minimum Gasteiger partial charge on any atom is -0.361 e. The van der Waals surface area contributed by atoms with Crippen LogP contribution in [0.1, 0.15) is 21.8 Å². The Bertz CT molecular complexity index is 845. The van der Waals surface area contributed by atoms with Gasteiger partial charge in [0.1, 0.15) is 5.76 Å². The number of rotatable bonds is 5. The molecule has 7 nitrogen and oxygen atoms in total. The molecule has 0 aliphatic carbocycles. The number of benzene rings is 1. The van der Waals surface area contributed by atoms with Crippen LogP contribution in [-0.4, -0.2) is 40.2 Å². The van der Waals surface area contributed by atoms with Crippen LogP contribution >= 0.6 is 11.8 Å². The van der Waals surface area contributed by atoms with Crippen molar-refractivity contribution in [2.45, 2.75) is 6.92 Å². The summed E-state index contributed by atoms with van der Waals surface area (Å²) in [6.07, 6.45) is 1.68. The quantitative estimate of drug-likeness (QED) is 0.826. The van der Waals surface area contributed by atoms with E-state index in [1.165, 1.54) is 6.07 Å². The van der Waals surface area contributed by atoms with E-state index in [9.17, 15) is 14.4 Å². The lowest BCUT2D eigenvalue weighted by atomic mass is 10.2. The topological polar surface area (TPSA) is 92.5 Å². The van der Waals surface area contributed by atoms with E-state index in [1.807, 2.05) is 30.3 Å². The first-order chi connectivity index (χ1) is 12.0. The molecule has 2 heterocycles. The van der Waals surface area contributed by atoms with Gasteiger partial charge in [0, 0.05) is 19.2 Å². The van der Waals surface area contributed by atoms with Crippen LogP contribution in [-0.2, 0) is 4.79 Å². The fourth-order valence-corrected chi connectivity index (χ4v) is 3.10. The van der Waals surface area contributed by atoms with Gasteiger partial charge in [0.25, 0.3) is 17.1 Å². The van der Waals surface area contributed by atoms with E-state index in [1.54, 1.807) is 13.0 Å². The van der Waals surface area contributed by atoms with Crippen LogP contribution in [0.2, 0.25) is 0 Å². The molecule has 3 rings (SSSR count). The van der Waals surface area contributed by atoms with Gasteiger partial charge in [-0.15, -0.1) is 0 Å². The van der Waals surface area contributed by atoms with Gasteiger partial charge >= 0.3 is 0 Å². The molecule has 25 heavy (non-hydrogen) atoms. The molecule has 0 atom stereocenters. The Morgan fingerprint density at radius 2 is 2.08 bits per heavy atom. The Morgan fingerprint density at radius 1 is 1.32 bits per heavy atom. The summed E-state index contributed by atoms with van der Waals surface area (Å²) >= 11 is 0.894. The molecule has 8 heteroatoms. The second-order valence-electron chi connectivity index (χ2n) is 5.32. The first-order valence-corrected chi connectivity index (χ1v) is 8.38. The number of thioether (sulfide) groups is 1. The first-order valence-electron chi connectivity index (χ1n) is 7.56. The van der Waals surface area contributed by atoms with Crippen molar-refractivity contribution in [3.63, 3.8) is 0 Å². The minimum atomic E-state index is -0.413. The maximum absolute atomic E-state index is 12.3. The molecule has 1 aliphatic rings. The third-order valence-corrected chi connectivity index (χ3v) is 4.36. The summed E-state index contributed by atoms with van der Waals surface area (Å²) in [6, 6.07) is 10.8. The van der Waals surface area contributed by atoms with E-state index < -0.39 is 5.91 Å². The van der Waals surface area contributed by atoms with Crippen molar-refractivity contribution in [3.05, 3.63) is 58.3 Å². The normalized spacial score (nSPS) is 15.9. The SMILES string of the molecule is Cc1cc(C(=O)NCCN2C(=O)S/C(=C/c3ccccc3)C2=O)no1. The maximum Gasteiger partial charge on any atom is 0.293 e.